The molecule has 140 valence electrons. The Morgan fingerprint density at radius 2 is 2.11 bits per heavy atom. The molecule has 1 amide bonds. The number of aryl methyl sites for hydroxylation is 1. The highest BCUT2D eigenvalue weighted by Crippen LogP contribution is 2.28. The van der Waals surface area contributed by atoms with Gasteiger partial charge in [0.1, 0.15) is 0 Å². The van der Waals surface area contributed by atoms with Crippen LogP contribution in [0.5, 0.6) is 0 Å². The van der Waals surface area contributed by atoms with Gasteiger partial charge >= 0.3 is 0 Å². The molecule has 2 aromatic carbocycles. The normalized spacial score (nSPS) is 16.6. The first-order valence-electron chi connectivity index (χ1n) is 9.35. The highest BCUT2D eigenvalue weighted by molar-refractivity contribution is 5.95. The fraction of sp³-hybridized carbons (Fsp3) is 0.273. The van der Waals surface area contributed by atoms with Gasteiger partial charge in [0.2, 0.25) is 5.89 Å². The number of piperidine rings is 1. The molecule has 0 bridgehead atoms. The largest absolute Gasteiger partial charge is 0.340 e. The lowest BCUT2D eigenvalue weighted by atomic mass is 9.95. The first-order valence-corrected chi connectivity index (χ1v) is 9.35. The van der Waals surface area contributed by atoms with Crippen molar-refractivity contribution in [3.8, 4) is 17.2 Å². The molecular weight excluding hydrogens is 352 g/mol. The van der Waals surface area contributed by atoms with Gasteiger partial charge in [0.05, 0.1) is 11.6 Å². The second-order valence-electron chi connectivity index (χ2n) is 7.00. The van der Waals surface area contributed by atoms with Crippen LogP contribution in [0.25, 0.3) is 11.1 Å². The van der Waals surface area contributed by atoms with Gasteiger partial charge in [0.25, 0.3) is 5.91 Å². The summed E-state index contributed by atoms with van der Waals surface area (Å²) in [5.41, 5.74) is 2.91. The van der Waals surface area contributed by atoms with Crippen molar-refractivity contribution in [2.45, 2.75) is 25.7 Å². The summed E-state index contributed by atoms with van der Waals surface area (Å²) in [6.07, 6.45) is 1.85. The number of hydrogen-bond donors (Lipinski definition) is 0. The average Bonchev–Trinajstić information content (AvgIpc) is 3.19. The Balaban J connectivity index is 1.57. The molecule has 6 heteroatoms. The van der Waals surface area contributed by atoms with E-state index in [0.29, 0.717) is 35.9 Å². The molecule has 0 saturated carbocycles. The Hall–Kier alpha value is -3.46. The molecule has 0 aliphatic carbocycles. The van der Waals surface area contributed by atoms with Gasteiger partial charge in [-0.2, -0.15) is 10.2 Å². The monoisotopic (exact) mass is 372 g/mol. The van der Waals surface area contributed by atoms with Crippen LogP contribution in [-0.2, 0) is 0 Å². The van der Waals surface area contributed by atoms with Gasteiger partial charge in [-0.3, -0.25) is 4.79 Å². The summed E-state index contributed by atoms with van der Waals surface area (Å²) in [6, 6.07) is 17.1. The van der Waals surface area contributed by atoms with Gasteiger partial charge < -0.3 is 9.42 Å². The van der Waals surface area contributed by atoms with E-state index in [2.05, 4.69) is 16.2 Å². The minimum atomic E-state index is -0.0128. The number of rotatable bonds is 3. The summed E-state index contributed by atoms with van der Waals surface area (Å²) in [4.78, 5) is 19.3. The van der Waals surface area contributed by atoms with Crippen LogP contribution in [-0.4, -0.2) is 34.0 Å². The van der Waals surface area contributed by atoms with Gasteiger partial charge in [0, 0.05) is 31.5 Å². The molecule has 28 heavy (non-hydrogen) atoms. The summed E-state index contributed by atoms with van der Waals surface area (Å²) >= 11 is 0. The highest BCUT2D eigenvalue weighted by atomic mass is 16.5. The van der Waals surface area contributed by atoms with Gasteiger partial charge in [-0.1, -0.05) is 35.5 Å². The summed E-state index contributed by atoms with van der Waals surface area (Å²) in [5.74, 6) is 1.30. The maximum atomic E-state index is 13.1. The third-order valence-electron chi connectivity index (χ3n) is 5.09. The van der Waals surface area contributed by atoms with Crippen molar-refractivity contribution in [2.24, 2.45) is 0 Å². The molecule has 1 fully saturated rings. The minimum Gasteiger partial charge on any atom is -0.340 e. The zero-order chi connectivity index (χ0) is 19.5. The van der Waals surface area contributed by atoms with Gasteiger partial charge in [-0.05, 0) is 42.2 Å². The predicted octanol–water partition coefficient (Wildman–Crippen LogP) is 3.94. The van der Waals surface area contributed by atoms with Crippen molar-refractivity contribution in [3.05, 3.63) is 71.4 Å². The summed E-state index contributed by atoms with van der Waals surface area (Å²) < 4.78 is 5.09. The van der Waals surface area contributed by atoms with Crippen LogP contribution < -0.4 is 0 Å². The third-order valence-corrected chi connectivity index (χ3v) is 5.09. The molecule has 0 spiro atoms. The number of aromatic nitrogens is 2. The number of likely N-dealkylation sites (tertiary alicyclic amines) is 1. The van der Waals surface area contributed by atoms with Crippen molar-refractivity contribution < 1.29 is 9.32 Å². The SMILES string of the molecule is Cc1nc([C@@H]2CCCN(C(=O)c3cccc(-c4ccccc4C#N)c3)C2)no1. The first-order chi connectivity index (χ1) is 13.7. The number of carbonyl (C=O) groups excluding carboxylic acids is 1. The second-order valence-corrected chi connectivity index (χ2v) is 7.00. The zero-order valence-electron chi connectivity index (χ0n) is 15.6. The smallest absolute Gasteiger partial charge is 0.253 e. The van der Waals surface area contributed by atoms with Crippen LogP contribution in [0.15, 0.2) is 53.1 Å². The standard InChI is InChI=1S/C22H20N4O2/c1-15-24-21(25-28-15)19-9-5-11-26(14-19)22(27)17-8-4-7-16(12-17)20-10-3-2-6-18(20)13-23/h2-4,6-8,10,12,19H,5,9,11,14H2,1H3/t19-/m1/s1. The molecule has 1 atom stereocenters. The summed E-state index contributed by atoms with van der Waals surface area (Å²) in [7, 11) is 0. The van der Waals surface area contributed by atoms with Crippen LogP contribution in [0.2, 0.25) is 0 Å². The van der Waals surface area contributed by atoms with E-state index in [1.807, 2.05) is 47.4 Å². The van der Waals surface area contributed by atoms with Crippen LogP contribution in [0.3, 0.4) is 0 Å². The zero-order valence-corrected chi connectivity index (χ0v) is 15.6. The fourth-order valence-electron chi connectivity index (χ4n) is 3.69. The Morgan fingerprint density at radius 3 is 2.89 bits per heavy atom. The fourth-order valence-corrected chi connectivity index (χ4v) is 3.69. The van der Waals surface area contributed by atoms with Gasteiger partial charge in [0.15, 0.2) is 5.82 Å². The topological polar surface area (TPSA) is 83.0 Å². The quantitative estimate of drug-likeness (QED) is 0.695. The Morgan fingerprint density at radius 1 is 1.25 bits per heavy atom. The van der Waals surface area contributed by atoms with E-state index in [9.17, 15) is 10.1 Å². The Labute approximate surface area is 163 Å². The highest BCUT2D eigenvalue weighted by Gasteiger charge is 2.28. The molecule has 0 unspecified atom stereocenters. The number of amides is 1. The van der Waals surface area contributed by atoms with Crippen LogP contribution in [0.4, 0.5) is 0 Å². The lowest BCUT2D eigenvalue weighted by Gasteiger charge is -2.31. The number of nitriles is 1. The van der Waals surface area contributed by atoms with Crippen LogP contribution >= 0.6 is 0 Å². The molecule has 6 nitrogen and oxygen atoms in total. The maximum absolute atomic E-state index is 13.1. The molecule has 1 aliphatic heterocycles. The van der Waals surface area contributed by atoms with Gasteiger partial charge in [-0.15, -0.1) is 0 Å². The van der Waals surface area contributed by atoms with Crippen molar-refractivity contribution >= 4 is 5.91 Å². The van der Waals surface area contributed by atoms with E-state index < -0.39 is 0 Å². The van der Waals surface area contributed by atoms with E-state index in [-0.39, 0.29) is 11.8 Å². The summed E-state index contributed by atoms with van der Waals surface area (Å²) in [6.45, 7) is 3.06. The van der Waals surface area contributed by atoms with E-state index in [1.54, 1.807) is 13.0 Å². The Bertz CT molecular complexity index is 1050. The number of benzene rings is 2. The predicted molar refractivity (Wildman–Crippen MR) is 104 cm³/mol. The lowest BCUT2D eigenvalue weighted by molar-refractivity contribution is 0.0703. The van der Waals surface area contributed by atoms with Crippen molar-refractivity contribution in [1.82, 2.24) is 15.0 Å². The van der Waals surface area contributed by atoms with Crippen molar-refractivity contribution in [3.63, 3.8) is 0 Å². The second kappa shape index (κ2) is 7.65. The number of hydrogen-bond acceptors (Lipinski definition) is 5. The van der Waals surface area contributed by atoms with Crippen LogP contribution in [0.1, 0.15) is 46.4 Å². The first kappa shape index (κ1) is 17.9. The molecule has 1 saturated heterocycles. The number of carbonyl (C=O) groups is 1. The third kappa shape index (κ3) is 3.52. The molecule has 0 radical (unpaired) electrons. The van der Waals surface area contributed by atoms with E-state index >= 15 is 0 Å². The molecule has 2 heterocycles. The average molecular weight is 372 g/mol. The molecule has 1 aliphatic rings. The summed E-state index contributed by atoms with van der Waals surface area (Å²) in [5, 5.41) is 13.4. The van der Waals surface area contributed by atoms with E-state index in [4.69, 9.17) is 4.52 Å². The van der Waals surface area contributed by atoms with Crippen molar-refractivity contribution in [2.75, 3.05) is 13.1 Å². The van der Waals surface area contributed by atoms with Crippen LogP contribution in [0, 0.1) is 18.3 Å². The van der Waals surface area contributed by atoms with E-state index in [1.165, 1.54) is 0 Å². The van der Waals surface area contributed by atoms with Gasteiger partial charge in [-0.25, -0.2) is 0 Å². The van der Waals surface area contributed by atoms with Crippen molar-refractivity contribution in [1.29, 1.82) is 5.26 Å². The number of nitrogens with zero attached hydrogens (tertiary/aromatic N) is 4. The molecular formula is C22H20N4O2. The molecule has 0 N–H and O–H groups in total. The lowest BCUT2D eigenvalue weighted by Crippen LogP contribution is -2.39. The minimum absolute atomic E-state index is 0.0128. The Kier molecular flexibility index (Phi) is 4.90. The maximum Gasteiger partial charge on any atom is 0.253 e. The molecule has 3 aromatic rings. The molecule has 4 rings (SSSR count). The van der Waals surface area contributed by atoms with E-state index in [0.717, 1.165) is 24.0 Å². The molecule has 1 aromatic heterocycles.